The molecule has 0 aromatic heterocycles. The summed E-state index contributed by atoms with van der Waals surface area (Å²) in [4.78, 5) is 0.305. The number of rotatable bonds is 8. The Morgan fingerprint density at radius 1 is 1.38 bits per heavy atom. The number of sulfonamides is 1. The van der Waals surface area contributed by atoms with Crippen molar-refractivity contribution in [1.82, 2.24) is 9.62 Å². The van der Waals surface area contributed by atoms with E-state index in [2.05, 4.69) is 12.2 Å². The van der Waals surface area contributed by atoms with Gasteiger partial charge in [0.1, 0.15) is 5.75 Å². The number of hydrogen-bond donors (Lipinski definition) is 1. The second kappa shape index (κ2) is 7.77. The van der Waals surface area contributed by atoms with Gasteiger partial charge in [-0.1, -0.05) is 20.3 Å². The van der Waals surface area contributed by atoms with E-state index in [1.807, 2.05) is 14.0 Å². The van der Waals surface area contributed by atoms with Crippen LogP contribution in [-0.4, -0.2) is 40.5 Å². The van der Waals surface area contributed by atoms with Crippen molar-refractivity contribution >= 4 is 10.0 Å². The van der Waals surface area contributed by atoms with E-state index in [1.54, 1.807) is 32.4 Å². The van der Waals surface area contributed by atoms with Crippen LogP contribution < -0.4 is 10.1 Å². The number of ether oxygens (including phenoxy) is 1. The molecule has 1 aromatic carbocycles. The van der Waals surface area contributed by atoms with Gasteiger partial charge in [-0.25, -0.2) is 12.7 Å². The van der Waals surface area contributed by atoms with Gasteiger partial charge in [0.05, 0.1) is 12.0 Å². The molecule has 1 atom stereocenters. The average Bonchev–Trinajstić information content (AvgIpc) is 2.47. The molecular weight excluding hydrogens is 288 g/mol. The maximum Gasteiger partial charge on any atom is 0.242 e. The monoisotopic (exact) mass is 314 g/mol. The Hall–Kier alpha value is -1.11. The van der Waals surface area contributed by atoms with Crippen molar-refractivity contribution in [3.8, 4) is 5.75 Å². The summed E-state index contributed by atoms with van der Waals surface area (Å²) in [6.45, 7) is 5.18. The molecule has 1 aromatic rings. The lowest BCUT2D eigenvalue weighted by Gasteiger charge is -2.21. The van der Waals surface area contributed by atoms with Gasteiger partial charge in [-0.2, -0.15) is 0 Å². The summed E-state index contributed by atoms with van der Waals surface area (Å²) in [5.41, 5.74) is 0.831. The molecule has 0 spiro atoms. The van der Waals surface area contributed by atoms with E-state index in [-0.39, 0.29) is 0 Å². The Morgan fingerprint density at radius 2 is 2.05 bits per heavy atom. The molecule has 0 saturated carbocycles. The minimum Gasteiger partial charge on any atom is -0.496 e. The molecule has 0 aliphatic rings. The van der Waals surface area contributed by atoms with Gasteiger partial charge in [0.2, 0.25) is 10.0 Å². The molecule has 6 heteroatoms. The molecule has 0 aliphatic carbocycles. The lowest BCUT2D eigenvalue weighted by Crippen LogP contribution is -2.31. The van der Waals surface area contributed by atoms with E-state index in [4.69, 9.17) is 4.74 Å². The SMILES string of the molecule is CCC(C)CN(C)S(=O)(=O)c1ccc(OC)c(CNC)c1. The third-order valence-electron chi connectivity index (χ3n) is 3.59. The first-order valence-electron chi connectivity index (χ1n) is 7.14. The van der Waals surface area contributed by atoms with E-state index in [1.165, 1.54) is 4.31 Å². The summed E-state index contributed by atoms with van der Waals surface area (Å²) in [5, 5.41) is 3.02. The Kier molecular flexibility index (Phi) is 6.64. The van der Waals surface area contributed by atoms with Crippen LogP contribution in [0.1, 0.15) is 25.8 Å². The molecular formula is C15H26N2O3S. The van der Waals surface area contributed by atoms with Crippen LogP contribution in [0, 0.1) is 5.92 Å². The fourth-order valence-corrected chi connectivity index (χ4v) is 3.43. The third kappa shape index (κ3) is 4.43. The van der Waals surface area contributed by atoms with Crippen LogP contribution in [0.5, 0.6) is 5.75 Å². The standard InChI is InChI=1S/C15H26N2O3S/c1-6-12(2)11-17(4)21(18,19)14-7-8-15(20-5)13(9-14)10-16-3/h7-9,12,16H,6,10-11H2,1-5H3. The molecule has 0 heterocycles. The Bertz CT molecular complexity index is 558. The van der Waals surface area contributed by atoms with Gasteiger partial charge < -0.3 is 10.1 Å². The highest BCUT2D eigenvalue weighted by atomic mass is 32.2. The smallest absolute Gasteiger partial charge is 0.242 e. The average molecular weight is 314 g/mol. The van der Waals surface area contributed by atoms with Gasteiger partial charge in [0, 0.05) is 25.7 Å². The quantitative estimate of drug-likeness (QED) is 0.798. The molecule has 0 fully saturated rings. The number of benzene rings is 1. The maximum absolute atomic E-state index is 12.6. The van der Waals surface area contributed by atoms with E-state index in [9.17, 15) is 8.42 Å². The number of nitrogens with one attached hydrogen (secondary N) is 1. The van der Waals surface area contributed by atoms with Gasteiger partial charge in [-0.05, 0) is 31.2 Å². The van der Waals surface area contributed by atoms with Crippen molar-refractivity contribution in [3.05, 3.63) is 23.8 Å². The third-order valence-corrected chi connectivity index (χ3v) is 5.41. The molecule has 0 bridgehead atoms. The summed E-state index contributed by atoms with van der Waals surface area (Å²) in [6, 6.07) is 4.98. The predicted octanol–water partition coefficient (Wildman–Crippen LogP) is 2.08. The minimum absolute atomic E-state index is 0.305. The van der Waals surface area contributed by atoms with Gasteiger partial charge in [-0.15, -0.1) is 0 Å². The molecule has 120 valence electrons. The lowest BCUT2D eigenvalue weighted by molar-refractivity contribution is 0.393. The summed E-state index contributed by atoms with van der Waals surface area (Å²) in [6.07, 6.45) is 0.952. The van der Waals surface area contributed by atoms with E-state index in [0.717, 1.165) is 12.0 Å². The van der Waals surface area contributed by atoms with Gasteiger partial charge >= 0.3 is 0 Å². The summed E-state index contributed by atoms with van der Waals surface area (Å²) in [7, 11) is 1.56. The first-order valence-corrected chi connectivity index (χ1v) is 8.58. The van der Waals surface area contributed by atoms with Gasteiger partial charge in [0.25, 0.3) is 0 Å². The highest BCUT2D eigenvalue weighted by Gasteiger charge is 2.23. The highest BCUT2D eigenvalue weighted by molar-refractivity contribution is 7.89. The largest absolute Gasteiger partial charge is 0.496 e. The van der Waals surface area contributed by atoms with Crippen molar-refractivity contribution in [1.29, 1.82) is 0 Å². The Labute approximate surface area is 128 Å². The molecule has 1 rings (SSSR count). The van der Waals surface area contributed by atoms with Crippen LogP contribution in [0.25, 0.3) is 0 Å². The zero-order valence-electron chi connectivity index (χ0n) is 13.5. The second-order valence-electron chi connectivity index (χ2n) is 5.30. The van der Waals surface area contributed by atoms with Crippen LogP contribution in [0.2, 0.25) is 0 Å². The number of nitrogens with zero attached hydrogens (tertiary/aromatic N) is 1. The van der Waals surface area contributed by atoms with Gasteiger partial charge in [-0.3, -0.25) is 0 Å². The molecule has 0 amide bonds. The van der Waals surface area contributed by atoms with Crippen molar-refractivity contribution in [2.75, 3.05) is 27.7 Å². The zero-order valence-corrected chi connectivity index (χ0v) is 14.3. The van der Waals surface area contributed by atoms with Gasteiger partial charge in [0.15, 0.2) is 0 Å². The van der Waals surface area contributed by atoms with Crippen molar-refractivity contribution in [2.45, 2.75) is 31.7 Å². The van der Waals surface area contributed by atoms with Crippen molar-refractivity contribution in [3.63, 3.8) is 0 Å². The highest BCUT2D eigenvalue weighted by Crippen LogP contribution is 2.24. The van der Waals surface area contributed by atoms with Crippen LogP contribution in [0.3, 0.4) is 0 Å². The zero-order chi connectivity index (χ0) is 16.0. The van der Waals surface area contributed by atoms with Crippen LogP contribution in [0.4, 0.5) is 0 Å². The van der Waals surface area contributed by atoms with Crippen LogP contribution in [0.15, 0.2) is 23.1 Å². The molecule has 21 heavy (non-hydrogen) atoms. The Morgan fingerprint density at radius 3 is 2.57 bits per heavy atom. The maximum atomic E-state index is 12.6. The number of hydrogen-bond acceptors (Lipinski definition) is 4. The first kappa shape index (κ1) is 17.9. The second-order valence-corrected chi connectivity index (χ2v) is 7.35. The molecule has 1 N–H and O–H groups in total. The normalized spacial score (nSPS) is 13.4. The van der Waals surface area contributed by atoms with Crippen LogP contribution in [-0.2, 0) is 16.6 Å². The van der Waals surface area contributed by atoms with E-state index >= 15 is 0 Å². The minimum atomic E-state index is -3.46. The topological polar surface area (TPSA) is 58.6 Å². The first-order chi connectivity index (χ1) is 9.86. The molecule has 1 unspecified atom stereocenters. The Balaban J connectivity index is 3.10. The fourth-order valence-electron chi connectivity index (χ4n) is 2.09. The van der Waals surface area contributed by atoms with Crippen molar-refractivity contribution < 1.29 is 13.2 Å². The summed E-state index contributed by atoms with van der Waals surface area (Å²) < 4.78 is 31.9. The summed E-state index contributed by atoms with van der Waals surface area (Å²) in [5.74, 6) is 1.02. The van der Waals surface area contributed by atoms with Crippen molar-refractivity contribution in [2.24, 2.45) is 5.92 Å². The fraction of sp³-hybridized carbons (Fsp3) is 0.600. The molecule has 5 nitrogen and oxygen atoms in total. The number of methoxy groups -OCH3 is 1. The van der Waals surface area contributed by atoms with Crippen LogP contribution >= 0.6 is 0 Å². The van der Waals surface area contributed by atoms with E-state index < -0.39 is 10.0 Å². The lowest BCUT2D eigenvalue weighted by atomic mass is 10.1. The predicted molar refractivity (Wildman–Crippen MR) is 85.0 cm³/mol. The summed E-state index contributed by atoms with van der Waals surface area (Å²) >= 11 is 0. The van der Waals surface area contributed by atoms with E-state index in [0.29, 0.717) is 29.7 Å². The molecule has 0 saturated heterocycles. The molecule has 0 aliphatic heterocycles. The molecule has 0 radical (unpaired) electrons.